The van der Waals surface area contributed by atoms with Crippen LogP contribution in [0.25, 0.3) is 10.9 Å². The predicted octanol–water partition coefficient (Wildman–Crippen LogP) is 3.72. The Hall–Kier alpha value is -1.81. The Labute approximate surface area is 149 Å². The predicted molar refractivity (Wildman–Crippen MR) is 99.7 cm³/mol. The second kappa shape index (κ2) is 6.83. The minimum Gasteiger partial charge on any atom is -0.469 e. The first kappa shape index (κ1) is 16.6. The fraction of sp³-hybridized carbons (Fsp3) is 0.571. The lowest BCUT2D eigenvalue weighted by Crippen LogP contribution is -2.41. The van der Waals surface area contributed by atoms with Crippen molar-refractivity contribution < 1.29 is 9.53 Å². The van der Waals surface area contributed by atoms with E-state index in [0.29, 0.717) is 5.92 Å². The van der Waals surface area contributed by atoms with Gasteiger partial charge < -0.3 is 14.6 Å². The van der Waals surface area contributed by atoms with E-state index in [1.165, 1.54) is 37.4 Å². The third-order valence-electron chi connectivity index (χ3n) is 6.20. The molecule has 4 rings (SSSR count). The van der Waals surface area contributed by atoms with Crippen LogP contribution in [0.4, 0.5) is 0 Å². The van der Waals surface area contributed by atoms with Gasteiger partial charge in [0, 0.05) is 36.2 Å². The van der Waals surface area contributed by atoms with Crippen molar-refractivity contribution >= 4 is 16.9 Å². The summed E-state index contributed by atoms with van der Waals surface area (Å²) < 4.78 is 5.20. The number of aromatic amines is 1. The molecule has 1 saturated heterocycles. The van der Waals surface area contributed by atoms with E-state index in [1.54, 1.807) is 0 Å². The number of carbonyl (C=O) groups is 1. The van der Waals surface area contributed by atoms with Gasteiger partial charge in [0.05, 0.1) is 13.0 Å². The maximum atomic E-state index is 12.6. The van der Waals surface area contributed by atoms with Crippen molar-refractivity contribution in [1.82, 2.24) is 9.88 Å². The first-order valence-electron chi connectivity index (χ1n) is 9.59. The van der Waals surface area contributed by atoms with E-state index in [1.807, 2.05) is 0 Å². The zero-order chi connectivity index (χ0) is 17.4. The Morgan fingerprint density at radius 3 is 2.92 bits per heavy atom. The van der Waals surface area contributed by atoms with Crippen LogP contribution in [-0.4, -0.2) is 42.6 Å². The standard InChI is InChI=1S/C21H28N2O2/c1-3-14-10-15-11-18(21(24)25-2)20-17(8-9-23(12-14)13-15)16-6-4-5-7-19(16)22-20/h4-7,14-15,18,22H,3,8-13H2,1-2H3/t14-,15-,18-/m0/s1. The first-order valence-corrected chi connectivity index (χ1v) is 9.59. The van der Waals surface area contributed by atoms with Crippen molar-refractivity contribution in [2.45, 2.75) is 38.5 Å². The molecule has 2 aromatic rings. The zero-order valence-electron chi connectivity index (χ0n) is 15.3. The minimum absolute atomic E-state index is 0.0973. The molecule has 2 aliphatic rings. The second-order valence-electron chi connectivity index (χ2n) is 7.76. The molecule has 25 heavy (non-hydrogen) atoms. The molecule has 0 amide bonds. The molecular formula is C21H28N2O2. The average Bonchev–Trinajstić information content (AvgIpc) is 3.02. The molecule has 2 bridgehead atoms. The summed E-state index contributed by atoms with van der Waals surface area (Å²) in [5.74, 6) is 1.05. The van der Waals surface area contributed by atoms with Crippen LogP contribution in [0.15, 0.2) is 24.3 Å². The highest BCUT2D eigenvalue weighted by molar-refractivity contribution is 5.88. The fourth-order valence-corrected chi connectivity index (χ4v) is 4.94. The van der Waals surface area contributed by atoms with Gasteiger partial charge in [0.2, 0.25) is 0 Å². The topological polar surface area (TPSA) is 45.3 Å². The van der Waals surface area contributed by atoms with Gasteiger partial charge in [-0.2, -0.15) is 0 Å². The lowest BCUT2D eigenvalue weighted by molar-refractivity contribution is -0.143. The number of aromatic nitrogens is 1. The smallest absolute Gasteiger partial charge is 0.314 e. The highest BCUT2D eigenvalue weighted by atomic mass is 16.5. The van der Waals surface area contributed by atoms with Crippen LogP contribution < -0.4 is 0 Å². The third-order valence-corrected chi connectivity index (χ3v) is 6.20. The molecule has 2 aliphatic heterocycles. The number of esters is 1. The summed E-state index contributed by atoms with van der Waals surface area (Å²) in [5, 5.41) is 1.26. The summed E-state index contributed by atoms with van der Waals surface area (Å²) in [6.45, 7) is 5.69. The van der Waals surface area contributed by atoms with Gasteiger partial charge in [-0.05, 0) is 42.7 Å². The number of hydrogen-bond acceptors (Lipinski definition) is 3. The summed E-state index contributed by atoms with van der Waals surface area (Å²) in [4.78, 5) is 18.8. The maximum Gasteiger partial charge on any atom is 0.314 e. The van der Waals surface area contributed by atoms with Gasteiger partial charge in [-0.25, -0.2) is 0 Å². The number of rotatable bonds is 2. The van der Waals surface area contributed by atoms with E-state index in [2.05, 4.69) is 41.1 Å². The van der Waals surface area contributed by atoms with Crippen LogP contribution in [0.1, 0.15) is 43.4 Å². The normalized spacial score (nSPS) is 29.4. The van der Waals surface area contributed by atoms with E-state index in [-0.39, 0.29) is 11.9 Å². The summed E-state index contributed by atoms with van der Waals surface area (Å²) in [5.41, 5.74) is 3.54. The SMILES string of the molecule is CC[C@H]1C[C@H]2C[C@H](C(=O)OC)c3[nH]c4ccccc4c3CCN(C1)C2. The van der Waals surface area contributed by atoms with Crippen LogP contribution in [0, 0.1) is 11.8 Å². The van der Waals surface area contributed by atoms with E-state index >= 15 is 0 Å². The van der Waals surface area contributed by atoms with Crippen LogP contribution in [0.5, 0.6) is 0 Å². The Morgan fingerprint density at radius 2 is 2.12 bits per heavy atom. The molecule has 4 atom stereocenters. The van der Waals surface area contributed by atoms with E-state index in [9.17, 15) is 4.79 Å². The minimum atomic E-state index is -0.173. The highest BCUT2D eigenvalue weighted by Crippen LogP contribution is 2.38. The monoisotopic (exact) mass is 340 g/mol. The van der Waals surface area contributed by atoms with Crippen LogP contribution in [-0.2, 0) is 16.0 Å². The number of nitrogens with one attached hydrogen (secondary N) is 1. The summed E-state index contributed by atoms with van der Waals surface area (Å²) >= 11 is 0. The number of ether oxygens (including phenoxy) is 1. The quantitative estimate of drug-likeness (QED) is 0.848. The molecule has 4 heteroatoms. The van der Waals surface area contributed by atoms with Crippen molar-refractivity contribution in [3.8, 4) is 0 Å². The Kier molecular flexibility index (Phi) is 4.55. The van der Waals surface area contributed by atoms with Gasteiger partial charge in [-0.3, -0.25) is 4.79 Å². The molecule has 0 radical (unpaired) electrons. The molecule has 3 heterocycles. The molecule has 1 aromatic carbocycles. The van der Waals surface area contributed by atoms with Gasteiger partial charge in [-0.15, -0.1) is 0 Å². The van der Waals surface area contributed by atoms with Crippen molar-refractivity contribution in [2.75, 3.05) is 26.7 Å². The average molecular weight is 340 g/mol. The largest absolute Gasteiger partial charge is 0.469 e. The third kappa shape index (κ3) is 3.08. The number of H-pyrrole nitrogens is 1. The summed E-state index contributed by atoms with van der Waals surface area (Å²) in [6.07, 6.45) is 4.34. The van der Waals surface area contributed by atoms with Gasteiger partial charge in [0.15, 0.2) is 0 Å². The van der Waals surface area contributed by atoms with Gasteiger partial charge in [0.25, 0.3) is 0 Å². The summed E-state index contributed by atoms with van der Waals surface area (Å²) in [6, 6.07) is 8.42. The Morgan fingerprint density at radius 1 is 1.28 bits per heavy atom. The number of methoxy groups -OCH3 is 1. The van der Waals surface area contributed by atoms with Crippen molar-refractivity contribution in [1.29, 1.82) is 0 Å². The summed E-state index contributed by atoms with van der Waals surface area (Å²) in [7, 11) is 1.51. The maximum absolute atomic E-state index is 12.6. The lowest BCUT2D eigenvalue weighted by atomic mass is 9.81. The molecular weight excluding hydrogens is 312 g/mol. The lowest BCUT2D eigenvalue weighted by Gasteiger charge is -2.37. The van der Waals surface area contributed by atoms with Crippen LogP contribution in [0.2, 0.25) is 0 Å². The number of nitrogens with zero attached hydrogens (tertiary/aromatic N) is 1. The molecule has 0 aliphatic carbocycles. The number of fused-ring (bicyclic) bond motifs is 5. The van der Waals surface area contributed by atoms with Crippen LogP contribution in [0.3, 0.4) is 0 Å². The van der Waals surface area contributed by atoms with E-state index < -0.39 is 0 Å². The van der Waals surface area contributed by atoms with Gasteiger partial charge >= 0.3 is 5.97 Å². The highest BCUT2D eigenvalue weighted by Gasteiger charge is 2.35. The molecule has 0 spiro atoms. The zero-order valence-corrected chi connectivity index (χ0v) is 15.3. The van der Waals surface area contributed by atoms with Crippen molar-refractivity contribution in [2.24, 2.45) is 11.8 Å². The van der Waals surface area contributed by atoms with E-state index in [4.69, 9.17) is 4.74 Å². The fourth-order valence-electron chi connectivity index (χ4n) is 4.94. The molecule has 0 saturated carbocycles. The number of hydrogen-bond donors (Lipinski definition) is 1. The molecule has 1 aromatic heterocycles. The first-order chi connectivity index (χ1) is 12.2. The number of carbonyl (C=O) groups excluding carboxylic acids is 1. The molecule has 134 valence electrons. The van der Waals surface area contributed by atoms with Gasteiger partial charge in [0.1, 0.15) is 0 Å². The van der Waals surface area contributed by atoms with Crippen molar-refractivity contribution in [3.63, 3.8) is 0 Å². The molecule has 4 nitrogen and oxygen atoms in total. The Bertz CT molecular complexity index is 766. The number of piperidine rings is 1. The van der Waals surface area contributed by atoms with Crippen LogP contribution >= 0.6 is 0 Å². The van der Waals surface area contributed by atoms with Gasteiger partial charge in [-0.1, -0.05) is 31.5 Å². The molecule has 1 N–H and O–H groups in total. The second-order valence-corrected chi connectivity index (χ2v) is 7.76. The van der Waals surface area contributed by atoms with Crippen molar-refractivity contribution in [3.05, 3.63) is 35.5 Å². The molecule has 1 fully saturated rings. The van der Waals surface area contributed by atoms with E-state index in [0.717, 1.165) is 43.1 Å². The number of para-hydroxylation sites is 1. The molecule has 1 unspecified atom stereocenters. The Balaban J connectivity index is 1.78. The number of benzene rings is 1.